The van der Waals surface area contributed by atoms with Gasteiger partial charge in [-0.15, -0.1) is 0 Å². The quantitative estimate of drug-likeness (QED) is 0.441. The Balaban J connectivity index is 2.13. The monoisotopic (exact) mass is 466 g/mol. The zero-order chi connectivity index (χ0) is 21.6. The number of anilines is 1. The van der Waals surface area contributed by atoms with Gasteiger partial charge in [-0.05, 0) is 69.2 Å². The highest BCUT2D eigenvalue weighted by Crippen LogP contribution is 2.37. The molecule has 1 aliphatic heterocycles. The number of ether oxygens (including phenoxy) is 1. The van der Waals surface area contributed by atoms with E-state index in [2.05, 4.69) is 59.8 Å². The van der Waals surface area contributed by atoms with Crippen LogP contribution in [0.15, 0.2) is 22.7 Å². The summed E-state index contributed by atoms with van der Waals surface area (Å²) in [5.41, 5.74) is 2.34. The molecule has 1 fully saturated rings. The van der Waals surface area contributed by atoms with Crippen LogP contribution in [-0.2, 0) is 4.74 Å². The standard InChI is InChI=1S/C24H39BrN2O2/c1-7-8-19(10-9-18(2)3)21-17-20(25)11-12-22(21)26-13-15-27(16-14-26)23(28)29-24(4,5)6/h11-12,17-19H,7-10,13-16H2,1-6H3. The third kappa shape index (κ3) is 7.51. The van der Waals surface area contributed by atoms with Crippen LogP contribution in [0.5, 0.6) is 0 Å². The van der Waals surface area contributed by atoms with Crippen molar-refractivity contribution >= 4 is 27.7 Å². The maximum Gasteiger partial charge on any atom is 0.410 e. The fraction of sp³-hybridized carbons (Fsp3) is 0.708. The lowest BCUT2D eigenvalue weighted by Gasteiger charge is -2.38. The van der Waals surface area contributed by atoms with Crippen molar-refractivity contribution in [3.8, 4) is 0 Å². The van der Waals surface area contributed by atoms with E-state index in [1.54, 1.807) is 0 Å². The summed E-state index contributed by atoms with van der Waals surface area (Å²) in [5.74, 6) is 1.31. The predicted molar refractivity (Wildman–Crippen MR) is 126 cm³/mol. The number of hydrogen-bond acceptors (Lipinski definition) is 3. The van der Waals surface area contributed by atoms with Gasteiger partial charge in [0, 0.05) is 36.3 Å². The van der Waals surface area contributed by atoms with Crippen LogP contribution in [-0.4, -0.2) is 42.8 Å². The zero-order valence-corrected chi connectivity index (χ0v) is 20.7. The SMILES string of the molecule is CCCC(CCC(C)C)c1cc(Br)ccc1N1CCN(C(=O)OC(C)(C)C)CC1. The van der Waals surface area contributed by atoms with Crippen LogP contribution in [0, 0.1) is 5.92 Å². The zero-order valence-electron chi connectivity index (χ0n) is 19.1. The molecule has 1 aliphatic rings. The molecule has 1 unspecified atom stereocenters. The van der Waals surface area contributed by atoms with Gasteiger partial charge >= 0.3 is 6.09 Å². The third-order valence-electron chi connectivity index (χ3n) is 5.43. The van der Waals surface area contributed by atoms with E-state index in [9.17, 15) is 4.79 Å². The number of carbonyl (C=O) groups is 1. The summed E-state index contributed by atoms with van der Waals surface area (Å²) in [6, 6.07) is 6.71. The van der Waals surface area contributed by atoms with E-state index in [1.807, 2.05) is 25.7 Å². The predicted octanol–water partition coefficient (Wildman–Crippen LogP) is 6.83. The number of rotatable bonds is 7. The minimum absolute atomic E-state index is 0.200. The first-order chi connectivity index (χ1) is 13.6. The van der Waals surface area contributed by atoms with Crippen molar-refractivity contribution in [2.24, 2.45) is 5.92 Å². The third-order valence-corrected chi connectivity index (χ3v) is 5.92. The number of nitrogens with zero attached hydrogens (tertiary/aromatic N) is 2. The molecular formula is C24H39BrN2O2. The molecule has 1 amide bonds. The van der Waals surface area contributed by atoms with Gasteiger partial charge in [0.05, 0.1) is 0 Å². The van der Waals surface area contributed by atoms with Gasteiger partial charge < -0.3 is 14.5 Å². The number of amides is 1. The Labute approximate surface area is 186 Å². The molecule has 2 rings (SSSR count). The van der Waals surface area contributed by atoms with Gasteiger partial charge in [-0.2, -0.15) is 0 Å². The van der Waals surface area contributed by atoms with E-state index >= 15 is 0 Å². The first kappa shape index (κ1) is 24.0. The van der Waals surface area contributed by atoms with Gasteiger partial charge in [0.2, 0.25) is 0 Å². The van der Waals surface area contributed by atoms with Crippen molar-refractivity contribution in [1.29, 1.82) is 0 Å². The first-order valence-corrected chi connectivity index (χ1v) is 11.9. The molecule has 0 spiro atoms. The second kappa shape index (κ2) is 10.7. The van der Waals surface area contributed by atoms with Gasteiger partial charge in [0.25, 0.3) is 0 Å². The molecule has 164 valence electrons. The highest BCUT2D eigenvalue weighted by atomic mass is 79.9. The van der Waals surface area contributed by atoms with Crippen molar-refractivity contribution in [1.82, 2.24) is 4.90 Å². The lowest BCUT2D eigenvalue weighted by molar-refractivity contribution is 0.0240. The lowest BCUT2D eigenvalue weighted by Crippen LogP contribution is -2.50. The summed E-state index contributed by atoms with van der Waals surface area (Å²) in [6.45, 7) is 15.7. The second-order valence-electron chi connectivity index (χ2n) is 9.61. The summed E-state index contributed by atoms with van der Waals surface area (Å²) in [5, 5.41) is 0. The fourth-order valence-corrected chi connectivity index (χ4v) is 4.31. The molecule has 29 heavy (non-hydrogen) atoms. The Hall–Kier alpha value is -1.23. The molecule has 0 N–H and O–H groups in total. The summed E-state index contributed by atoms with van der Waals surface area (Å²) < 4.78 is 6.69. The van der Waals surface area contributed by atoms with Gasteiger partial charge in [0.15, 0.2) is 0 Å². The first-order valence-electron chi connectivity index (χ1n) is 11.1. The molecule has 0 aliphatic carbocycles. The van der Waals surface area contributed by atoms with E-state index in [4.69, 9.17) is 4.74 Å². The summed E-state index contributed by atoms with van der Waals surface area (Å²) in [6.07, 6.45) is 4.69. The lowest BCUT2D eigenvalue weighted by atomic mass is 9.86. The molecule has 1 heterocycles. The number of piperazine rings is 1. The van der Waals surface area contributed by atoms with E-state index < -0.39 is 5.60 Å². The molecule has 1 aromatic rings. The van der Waals surface area contributed by atoms with Crippen LogP contribution in [0.25, 0.3) is 0 Å². The Morgan fingerprint density at radius 3 is 2.31 bits per heavy atom. The average molecular weight is 467 g/mol. The van der Waals surface area contributed by atoms with Crippen LogP contribution < -0.4 is 4.90 Å². The molecule has 1 aromatic carbocycles. The maximum atomic E-state index is 12.4. The van der Waals surface area contributed by atoms with E-state index in [0.717, 1.165) is 23.5 Å². The van der Waals surface area contributed by atoms with Crippen molar-refractivity contribution in [2.45, 2.75) is 78.7 Å². The average Bonchev–Trinajstić information content (AvgIpc) is 2.63. The number of benzene rings is 1. The van der Waals surface area contributed by atoms with Crippen molar-refractivity contribution in [2.75, 3.05) is 31.1 Å². The molecule has 4 nitrogen and oxygen atoms in total. The van der Waals surface area contributed by atoms with Gasteiger partial charge in [-0.25, -0.2) is 4.79 Å². The van der Waals surface area contributed by atoms with Gasteiger partial charge in [-0.1, -0.05) is 49.5 Å². The number of halogens is 1. The van der Waals surface area contributed by atoms with E-state index in [-0.39, 0.29) is 6.09 Å². The summed E-state index contributed by atoms with van der Waals surface area (Å²) >= 11 is 3.69. The molecule has 0 aromatic heterocycles. The Kier molecular flexibility index (Phi) is 8.87. The topological polar surface area (TPSA) is 32.8 Å². The molecular weight excluding hydrogens is 428 g/mol. The van der Waals surface area contributed by atoms with Gasteiger partial charge in [-0.3, -0.25) is 0 Å². The molecule has 5 heteroatoms. The highest BCUT2D eigenvalue weighted by Gasteiger charge is 2.27. The van der Waals surface area contributed by atoms with E-state index in [0.29, 0.717) is 19.0 Å². The Morgan fingerprint density at radius 1 is 1.10 bits per heavy atom. The molecule has 0 radical (unpaired) electrons. The Morgan fingerprint density at radius 2 is 1.76 bits per heavy atom. The normalized spacial score (nSPS) is 16.3. The highest BCUT2D eigenvalue weighted by molar-refractivity contribution is 9.10. The smallest absolute Gasteiger partial charge is 0.410 e. The van der Waals surface area contributed by atoms with Gasteiger partial charge in [0.1, 0.15) is 5.60 Å². The summed E-state index contributed by atoms with van der Waals surface area (Å²) in [4.78, 5) is 16.7. The van der Waals surface area contributed by atoms with Crippen LogP contribution in [0.1, 0.15) is 78.7 Å². The van der Waals surface area contributed by atoms with Crippen molar-refractivity contribution in [3.63, 3.8) is 0 Å². The van der Waals surface area contributed by atoms with Crippen molar-refractivity contribution in [3.05, 3.63) is 28.2 Å². The second-order valence-corrected chi connectivity index (χ2v) is 10.5. The molecule has 0 bridgehead atoms. The molecule has 1 saturated heterocycles. The largest absolute Gasteiger partial charge is 0.444 e. The molecule has 0 saturated carbocycles. The number of carbonyl (C=O) groups excluding carboxylic acids is 1. The van der Waals surface area contributed by atoms with Crippen LogP contribution in [0.2, 0.25) is 0 Å². The Bertz CT molecular complexity index is 661. The maximum absolute atomic E-state index is 12.4. The summed E-state index contributed by atoms with van der Waals surface area (Å²) in [7, 11) is 0. The van der Waals surface area contributed by atoms with Crippen molar-refractivity contribution < 1.29 is 9.53 Å². The van der Waals surface area contributed by atoms with Crippen LogP contribution in [0.4, 0.5) is 10.5 Å². The van der Waals surface area contributed by atoms with Crippen LogP contribution in [0.3, 0.4) is 0 Å². The van der Waals surface area contributed by atoms with Crippen LogP contribution >= 0.6 is 15.9 Å². The minimum atomic E-state index is -0.448. The minimum Gasteiger partial charge on any atom is -0.444 e. The van der Waals surface area contributed by atoms with E-state index in [1.165, 1.54) is 36.9 Å². The fourth-order valence-electron chi connectivity index (χ4n) is 3.94. The molecule has 1 atom stereocenters. The number of hydrogen-bond donors (Lipinski definition) is 0.